The lowest BCUT2D eigenvalue weighted by molar-refractivity contribution is 0.0782. The number of rotatable bonds is 7. The molecule has 8 nitrogen and oxygen atoms in total. The van der Waals surface area contributed by atoms with Crippen molar-refractivity contribution in [3.8, 4) is 22.8 Å². The third kappa shape index (κ3) is 3.19. The Balaban J connectivity index is 2.48. The Bertz CT molecular complexity index is 629. The SMILES string of the molecule is COc1ccc(-c2c(CN)nnn2CC(O)CO)cc1OC. The molecular weight excluding hydrogens is 288 g/mol. The highest BCUT2D eigenvalue weighted by atomic mass is 16.5. The number of benzene rings is 1. The van der Waals surface area contributed by atoms with Gasteiger partial charge in [0, 0.05) is 12.1 Å². The molecular formula is C14H20N4O4. The molecule has 0 aliphatic heterocycles. The number of ether oxygens (including phenoxy) is 2. The molecule has 0 amide bonds. The smallest absolute Gasteiger partial charge is 0.161 e. The van der Waals surface area contributed by atoms with E-state index in [4.69, 9.17) is 20.3 Å². The quantitative estimate of drug-likeness (QED) is 0.647. The molecule has 120 valence electrons. The average molecular weight is 308 g/mol. The Hall–Kier alpha value is -2.16. The Labute approximate surface area is 128 Å². The van der Waals surface area contributed by atoms with Crippen molar-refractivity contribution in [1.82, 2.24) is 15.0 Å². The maximum atomic E-state index is 9.63. The van der Waals surface area contributed by atoms with E-state index in [1.165, 1.54) is 4.68 Å². The predicted octanol–water partition coefficient (Wildman–Crippen LogP) is -0.226. The number of aliphatic hydroxyl groups is 2. The van der Waals surface area contributed by atoms with Crippen LogP contribution in [-0.4, -0.2) is 52.1 Å². The number of hydrogen-bond acceptors (Lipinski definition) is 7. The van der Waals surface area contributed by atoms with Crippen LogP contribution in [0.5, 0.6) is 11.5 Å². The molecule has 0 fully saturated rings. The van der Waals surface area contributed by atoms with Gasteiger partial charge < -0.3 is 25.4 Å². The van der Waals surface area contributed by atoms with Crippen molar-refractivity contribution < 1.29 is 19.7 Å². The van der Waals surface area contributed by atoms with Gasteiger partial charge in [-0.25, -0.2) is 4.68 Å². The highest BCUT2D eigenvalue weighted by Crippen LogP contribution is 2.33. The molecule has 1 heterocycles. The fourth-order valence-electron chi connectivity index (χ4n) is 2.17. The van der Waals surface area contributed by atoms with Crippen molar-refractivity contribution in [3.05, 3.63) is 23.9 Å². The van der Waals surface area contributed by atoms with Gasteiger partial charge in [-0.2, -0.15) is 0 Å². The van der Waals surface area contributed by atoms with E-state index in [1.54, 1.807) is 26.4 Å². The van der Waals surface area contributed by atoms with Crippen LogP contribution in [0.15, 0.2) is 18.2 Å². The second-order valence-electron chi connectivity index (χ2n) is 4.68. The van der Waals surface area contributed by atoms with E-state index in [-0.39, 0.29) is 19.7 Å². The largest absolute Gasteiger partial charge is 0.493 e. The Kier molecular flexibility index (Phi) is 5.31. The summed E-state index contributed by atoms with van der Waals surface area (Å²) in [5.74, 6) is 1.17. The molecule has 8 heteroatoms. The molecule has 1 unspecified atom stereocenters. The molecule has 22 heavy (non-hydrogen) atoms. The normalized spacial score (nSPS) is 12.2. The van der Waals surface area contributed by atoms with Crippen molar-refractivity contribution in [2.24, 2.45) is 5.73 Å². The molecule has 2 aromatic rings. The summed E-state index contributed by atoms with van der Waals surface area (Å²) < 4.78 is 12.0. The van der Waals surface area contributed by atoms with Crippen LogP contribution in [0.25, 0.3) is 11.3 Å². The average Bonchev–Trinajstić information content (AvgIpc) is 2.96. The molecule has 1 aromatic carbocycles. The summed E-state index contributed by atoms with van der Waals surface area (Å²) in [5, 5.41) is 26.6. The molecule has 0 aliphatic carbocycles. The van der Waals surface area contributed by atoms with E-state index in [9.17, 15) is 5.11 Å². The third-order valence-electron chi connectivity index (χ3n) is 3.25. The molecule has 1 atom stereocenters. The van der Waals surface area contributed by atoms with Crippen molar-refractivity contribution in [2.75, 3.05) is 20.8 Å². The molecule has 0 saturated heterocycles. The van der Waals surface area contributed by atoms with Gasteiger partial charge in [-0.05, 0) is 18.2 Å². The zero-order chi connectivity index (χ0) is 16.1. The van der Waals surface area contributed by atoms with Gasteiger partial charge in [0.25, 0.3) is 0 Å². The van der Waals surface area contributed by atoms with E-state index in [1.807, 2.05) is 6.07 Å². The fourth-order valence-corrected chi connectivity index (χ4v) is 2.17. The number of nitrogens with two attached hydrogens (primary N) is 1. The Morgan fingerprint density at radius 3 is 2.59 bits per heavy atom. The molecule has 0 radical (unpaired) electrons. The van der Waals surface area contributed by atoms with Crippen LogP contribution < -0.4 is 15.2 Å². The summed E-state index contributed by atoms with van der Waals surface area (Å²) in [5.41, 5.74) is 7.76. The lowest BCUT2D eigenvalue weighted by atomic mass is 10.1. The highest BCUT2D eigenvalue weighted by molar-refractivity contribution is 5.66. The minimum absolute atomic E-state index is 0.118. The van der Waals surface area contributed by atoms with Gasteiger partial charge in [-0.15, -0.1) is 5.10 Å². The fraction of sp³-hybridized carbons (Fsp3) is 0.429. The van der Waals surface area contributed by atoms with E-state index >= 15 is 0 Å². The van der Waals surface area contributed by atoms with E-state index in [0.717, 1.165) is 5.56 Å². The lowest BCUT2D eigenvalue weighted by Gasteiger charge is -2.13. The van der Waals surface area contributed by atoms with Gasteiger partial charge in [0.1, 0.15) is 5.69 Å². The summed E-state index contributed by atoms with van der Waals surface area (Å²) in [6, 6.07) is 5.40. The summed E-state index contributed by atoms with van der Waals surface area (Å²) in [4.78, 5) is 0. The topological polar surface area (TPSA) is 116 Å². The first kappa shape index (κ1) is 16.2. The summed E-state index contributed by atoms with van der Waals surface area (Å²) >= 11 is 0. The van der Waals surface area contributed by atoms with Gasteiger partial charge >= 0.3 is 0 Å². The van der Waals surface area contributed by atoms with Crippen LogP contribution in [0.2, 0.25) is 0 Å². The van der Waals surface area contributed by atoms with Crippen molar-refractivity contribution in [3.63, 3.8) is 0 Å². The minimum atomic E-state index is -0.925. The highest BCUT2D eigenvalue weighted by Gasteiger charge is 2.18. The number of nitrogens with zero attached hydrogens (tertiary/aromatic N) is 3. The molecule has 4 N–H and O–H groups in total. The maximum absolute atomic E-state index is 9.63. The van der Waals surface area contributed by atoms with Gasteiger partial charge in [0.2, 0.25) is 0 Å². The standard InChI is InChI=1S/C14H20N4O4/c1-21-12-4-3-9(5-13(12)22-2)14-11(6-15)16-17-18(14)7-10(20)8-19/h3-5,10,19-20H,6-8,15H2,1-2H3. The van der Waals surface area contributed by atoms with Crippen molar-refractivity contribution >= 4 is 0 Å². The molecule has 0 bridgehead atoms. The second kappa shape index (κ2) is 7.21. The Morgan fingerprint density at radius 1 is 1.27 bits per heavy atom. The van der Waals surface area contributed by atoms with Crippen LogP contribution in [-0.2, 0) is 13.1 Å². The molecule has 1 aromatic heterocycles. The zero-order valence-corrected chi connectivity index (χ0v) is 12.6. The van der Waals surface area contributed by atoms with Crippen LogP contribution in [0, 0.1) is 0 Å². The number of aliphatic hydroxyl groups excluding tert-OH is 2. The summed E-state index contributed by atoms with van der Waals surface area (Å²) in [7, 11) is 3.11. The minimum Gasteiger partial charge on any atom is -0.493 e. The van der Waals surface area contributed by atoms with Crippen LogP contribution in [0.4, 0.5) is 0 Å². The lowest BCUT2D eigenvalue weighted by Crippen LogP contribution is -2.21. The summed E-state index contributed by atoms with van der Waals surface area (Å²) in [6.07, 6.45) is -0.925. The van der Waals surface area contributed by atoms with Gasteiger partial charge in [-0.3, -0.25) is 0 Å². The van der Waals surface area contributed by atoms with E-state index in [0.29, 0.717) is 22.9 Å². The van der Waals surface area contributed by atoms with Crippen LogP contribution in [0.1, 0.15) is 5.69 Å². The zero-order valence-electron chi connectivity index (χ0n) is 12.6. The van der Waals surface area contributed by atoms with Gasteiger partial charge in [-0.1, -0.05) is 5.21 Å². The van der Waals surface area contributed by atoms with E-state index in [2.05, 4.69) is 10.3 Å². The van der Waals surface area contributed by atoms with Crippen LogP contribution >= 0.6 is 0 Å². The van der Waals surface area contributed by atoms with Crippen molar-refractivity contribution in [2.45, 2.75) is 19.2 Å². The predicted molar refractivity (Wildman–Crippen MR) is 79.5 cm³/mol. The van der Waals surface area contributed by atoms with E-state index < -0.39 is 6.10 Å². The third-order valence-corrected chi connectivity index (χ3v) is 3.25. The Morgan fingerprint density at radius 2 is 2.00 bits per heavy atom. The second-order valence-corrected chi connectivity index (χ2v) is 4.68. The first-order chi connectivity index (χ1) is 10.6. The monoisotopic (exact) mass is 308 g/mol. The summed E-state index contributed by atoms with van der Waals surface area (Å²) in [6.45, 7) is -0.0325. The first-order valence-electron chi connectivity index (χ1n) is 6.78. The molecule has 0 aliphatic rings. The maximum Gasteiger partial charge on any atom is 0.161 e. The van der Waals surface area contributed by atoms with Crippen molar-refractivity contribution in [1.29, 1.82) is 0 Å². The van der Waals surface area contributed by atoms with Gasteiger partial charge in [0.05, 0.1) is 39.2 Å². The number of hydrogen-bond donors (Lipinski definition) is 3. The van der Waals surface area contributed by atoms with Gasteiger partial charge in [0.15, 0.2) is 11.5 Å². The molecule has 0 spiro atoms. The molecule has 2 rings (SSSR count). The molecule has 0 saturated carbocycles. The number of methoxy groups -OCH3 is 2. The first-order valence-corrected chi connectivity index (χ1v) is 6.78. The van der Waals surface area contributed by atoms with Crippen LogP contribution in [0.3, 0.4) is 0 Å². The number of aromatic nitrogens is 3.